The molecule has 0 fully saturated rings. The summed E-state index contributed by atoms with van der Waals surface area (Å²) in [4.78, 5) is 18.1. The predicted octanol–water partition coefficient (Wildman–Crippen LogP) is 0.299. The van der Waals surface area contributed by atoms with Crippen molar-refractivity contribution >= 4 is 11.7 Å². The van der Waals surface area contributed by atoms with E-state index >= 15 is 0 Å². The molecule has 0 bridgehead atoms. The van der Waals surface area contributed by atoms with Crippen molar-refractivity contribution in [2.75, 3.05) is 0 Å². The Hall–Kier alpha value is -2.42. The van der Waals surface area contributed by atoms with Crippen LogP contribution in [0.2, 0.25) is 0 Å². The highest BCUT2D eigenvalue weighted by molar-refractivity contribution is 5.85. The van der Waals surface area contributed by atoms with Gasteiger partial charge in [0.25, 0.3) is 0 Å². The monoisotopic (exact) mass is 188 g/mol. The van der Waals surface area contributed by atoms with Crippen molar-refractivity contribution in [3.05, 3.63) is 29.8 Å². The number of imidazole rings is 1. The van der Waals surface area contributed by atoms with Crippen LogP contribution in [0.15, 0.2) is 18.6 Å². The SMILES string of the molecule is N#Cc1cnc2nc(C(=O)O)cn2c1. The van der Waals surface area contributed by atoms with Gasteiger partial charge in [0.1, 0.15) is 6.07 Å². The maximum Gasteiger partial charge on any atom is 0.356 e. The third-order valence-corrected chi connectivity index (χ3v) is 1.66. The van der Waals surface area contributed by atoms with Gasteiger partial charge in [0, 0.05) is 12.4 Å². The molecule has 0 amide bonds. The highest BCUT2D eigenvalue weighted by atomic mass is 16.4. The average Bonchev–Trinajstić information content (AvgIpc) is 2.59. The summed E-state index contributed by atoms with van der Waals surface area (Å²) >= 11 is 0. The van der Waals surface area contributed by atoms with E-state index in [1.807, 2.05) is 6.07 Å². The number of nitrogens with zero attached hydrogens (tertiary/aromatic N) is 4. The summed E-state index contributed by atoms with van der Waals surface area (Å²) in [6.07, 6.45) is 4.13. The van der Waals surface area contributed by atoms with Gasteiger partial charge in [0.05, 0.1) is 11.8 Å². The lowest BCUT2D eigenvalue weighted by atomic mass is 10.4. The van der Waals surface area contributed by atoms with Gasteiger partial charge < -0.3 is 5.11 Å². The molecule has 2 aromatic heterocycles. The first-order chi connectivity index (χ1) is 6.70. The Morgan fingerprint density at radius 1 is 1.57 bits per heavy atom. The molecule has 2 aromatic rings. The quantitative estimate of drug-likeness (QED) is 0.694. The standard InChI is InChI=1S/C8H4N4O2/c9-1-5-2-10-8-11-6(7(13)14)4-12(8)3-5/h2-4H,(H,13,14). The van der Waals surface area contributed by atoms with Crippen molar-refractivity contribution in [2.45, 2.75) is 0 Å². The molecule has 0 aliphatic heterocycles. The molecular weight excluding hydrogens is 184 g/mol. The topological polar surface area (TPSA) is 91.3 Å². The molecular formula is C8H4N4O2. The summed E-state index contributed by atoms with van der Waals surface area (Å²) < 4.78 is 1.40. The highest BCUT2D eigenvalue weighted by Crippen LogP contribution is 2.03. The van der Waals surface area contributed by atoms with Gasteiger partial charge in [-0.1, -0.05) is 0 Å². The van der Waals surface area contributed by atoms with Crippen LogP contribution in [0.4, 0.5) is 0 Å². The fraction of sp³-hybridized carbons (Fsp3) is 0. The molecule has 0 spiro atoms. The van der Waals surface area contributed by atoms with Crippen molar-refractivity contribution < 1.29 is 9.90 Å². The summed E-state index contributed by atoms with van der Waals surface area (Å²) in [5.74, 6) is -0.851. The Morgan fingerprint density at radius 2 is 2.36 bits per heavy atom. The number of carboxylic acid groups (broad SMARTS) is 1. The fourth-order valence-electron chi connectivity index (χ4n) is 1.05. The van der Waals surface area contributed by atoms with E-state index < -0.39 is 5.97 Å². The second kappa shape index (κ2) is 2.81. The summed E-state index contributed by atoms with van der Waals surface area (Å²) in [5, 5.41) is 17.2. The first-order valence-electron chi connectivity index (χ1n) is 3.69. The van der Waals surface area contributed by atoms with E-state index in [1.165, 1.54) is 23.0 Å². The second-order valence-electron chi connectivity index (χ2n) is 2.59. The summed E-state index contributed by atoms with van der Waals surface area (Å²) in [5.41, 5.74) is 0.263. The molecule has 0 saturated heterocycles. The van der Waals surface area contributed by atoms with E-state index in [4.69, 9.17) is 10.4 Å². The van der Waals surface area contributed by atoms with Crippen LogP contribution in [0.25, 0.3) is 5.78 Å². The molecule has 0 atom stereocenters. The average molecular weight is 188 g/mol. The van der Waals surface area contributed by atoms with E-state index in [1.54, 1.807) is 0 Å². The van der Waals surface area contributed by atoms with Crippen molar-refractivity contribution in [3.63, 3.8) is 0 Å². The maximum absolute atomic E-state index is 10.6. The molecule has 68 valence electrons. The fourth-order valence-corrected chi connectivity index (χ4v) is 1.05. The van der Waals surface area contributed by atoms with Crippen LogP contribution in [0.1, 0.15) is 16.1 Å². The predicted molar refractivity (Wildman–Crippen MR) is 44.7 cm³/mol. The van der Waals surface area contributed by atoms with Gasteiger partial charge in [0.15, 0.2) is 5.69 Å². The molecule has 14 heavy (non-hydrogen) atoms. The number of carboxylic acids is 1. The van der Waals surface area contributed by atoms with Crippen LogP contribution in [0, 0.1) is 11.3 Å². The van der Waals surface area contributed by atoms with E-state index in [2.05, 4.69) is 9.97 Å². The van der Waals surface area contributed by atoms with Crippen LogP contribution in [0.5, 0.6) is 0 Å². The van der Waals surface area contributed by atoms with Crippen molar-refractivity contribution in [2.24, 2.45) is 0 Å². The zero-order valence-electron chi connectivity index (χ0n) is 6.88. The van der Waals surface area contributed by atoms with Gasteiger partial charge in [-0.25, -0.2) is 14.8 Å². The van der Waals surface area contributed by atoms with Gasteiger partial charge in [-0.3, -0.25) is 4.40 Å². The molecule has 1 N–H and O–H groups in total. The molecule has 0 aromatic carbocycles. The van der Waals surface area contributed by atoms with Gasteiger partial charge in [-0.15, -0.1) is 0 Å². The normalized spacial score (nSPS) is 9.93. The van der Waals surface area contributed by atoms with Crippen molar-refractivity contribution in [1.82, 2.24) is 14.4 Å². The van der Waals surface area contributed by atoms with Gasteiger partial charge >= 0.3 is 5.97 Å². The Kier molecular flexibility index (Phi) is 1.65. The summed E-state index contributed by atoms with van der Waals surface area (Å²) in [6, 6.07) is 1.90. The molecule has 0 saturated carbocycles. The number of carbonyl (C=O) groups is 1. The molecule has 2 rings (SSSR count). The Balaban J connectivity index is 2.67. The number of nitriles is 1. The largest absolute Gasteiger partial charge is 0.476 e. The van der Waals surface area contributed by atoms with Crippen LogP contribution >= 0.6 is 0 Å². The van der Waals surface area contributed by atoms with E-state index in [0.717, 1.165) is 0 Å². The highest BCUT2D eigenvalue weighted by Gasteiger charge is 2.09. The van der Waals surface area contributed by atoms with Gasteiger partial charge in [-0.05, 0) is 0 Å². The van der Waals surface area contributed by atoms with Crippen LogP contribution in [0.3, 0.4) is 0 Å². The molecule has 0 radical (unpaired) electrons. The summed E-state index contributed by atoms with van der Waals surface area (Å²) in [7, 11) is 0. The first kappa shape index (κ1) is 8.19. The van der Waals surface area contributed by atoms with Gasteiger partial charge in [0.2, 0.25) is 5.78 Å². The van der Waals surface area contributed by atoms with Crippen LogP contribution in [-0.2, 0) is 0 Å². The first-order valence-corrected chi connectivity index (χ1v) is 3.69. The van der Waals surface area contributed by atoms with E-state index in [-0.39, 0.29) is 11.5 Å². The van der Waals surface area contributed by atoms with Crippen LogP contribution < -0.4 is 0 Å². The third kappa shape index (κ3) is 1.17. The molecule has 6 nitrogen and oxygen atoms in total. The Bertz CT molecular complexity index is 552. The Morgan fingerprint density at radius 3 is 3.00 bits per heavy atom. The van der Waals surface area contributed by atoms with E-state index in [0.29, 0.717) is 5.56 Å². The zero-order valence-corrected chi connectivity index (χ0v) is 6.88. The lowest BCUT2D eigenvalue weighted by molar-refractivity contribution is 0.0691. The maximum atomic E-state index is 10.6. The Labute approximate surface area is 78.1 Å². The second-order valence-corrected chi connectivity index (χ2v) is 2.59. The smallest absolute Gasteiger partial charge is 0.356 e. The zero-order chi connectivity index (χ0) is 10.1. The number of aromatic nitrogens is 3. The van der Waals surface area contributed by atoms with E-state index in [9.17, 15) is 4.79 Å². The number of fused-ring (bicyclic) bond motifs is 1. The molecule has 0 unspecified atom stereocenters. The number of hydrogen-bond acceptors (Lipinski definition) is 4. The minimum absolute atomic E-state index is 0.0902. The third-order valence-electron chi connectivity index (χ3n) is 1.66. The minimum Gasteiger partial charge on any atom is -0.476 e. The minimum atomic E-state index is -1.12. The lowest BCUT2D eigenvalue weighted by Crippen LogP contribution is -1.94. The molecule has 6 heteroatoms. The van der Waals surface area contributed by atoms with Crippen LogP contribution in [-0.4, -0.2) is 25.4 Å². The summed E-state index contributed by atoms with van der Waals surface area (Å²) in [6.45, 7) is 0. The van der Waals surface area contributed by atoms with Crippen molar-refractivity contribution in [1.29, 1.82) is 5.26 Å². The number of rotatable bonds is 1. The number of aromatic carboxylic acids is 1. The molecule has 0 aliphatic carbocycles. The lowest BCUT2D eigenvalue weighted by Gasteiger charge is -1.90. The molecule has 2 heterocycles. The number of hydrogen-bond donors (Lipinski definition) is 1. The van der Waals surface area contributed by atoms with Gasteiger partial charge in [-0.2, -0.15) is 5.26 Å². The molecule has 0 aliphatic rings. The van der Waals surface area contributed by atoms with Crippen molar-refractivity contribution in [3.8, 4) is 6.07 Å².